The maximum absolute atomic E-state index is 14.1. The van der Waals surface area contributed by atoms with Crippen molar-refractivity contribution >= 4 is 5.91 Å². The molecule has 3 aromatic rings. The number of hydrogen-bond donors (Lipinski definition) is 1. The van der Waals surface area contributed by atoms with E-state index in [0.717, 1.165) is 19.6 Å². The van der Waals surface area contributed by atoms with E-state index in [2.05, 4.69) is 22.1 Å². The molecule has 1 saturated heterocycles. The maximum Gasteiger partial charge on any atom is 0.252 e. The number of nitrogens with one attached hydrogen (secondary N) is 1. The second-order valence-electron chi connectivity index (χ2n) is 7.88. The largest absolute Gasteiger partial charge is 0.436 e. The smallest absolute Gasteiger partial charge is 0.252 e. The zero-order valence-electron chi connectivity index (χ0n) is 17.1. The normalized spacial score (nSPS) is 15.3. The third-order valence-electron chi connectivity index (χ3n) is 5.43. The fraction of sp³-hybridized carbons (Fsp3) is 0.333. The lowest BCUT2D eigenvalue weighted by molar-refractivity contribution is 0.0945. The lowest BCUT2D eigenvalue weighted by Crippen LogP contribution is -2.34. The van der Waals surface area contributed by atoms with Gasteiger partial charge in [-0.25, -0.2) is 9.37 Å². The zero-order valence-corrected chi connectivity index (χ0v) is 17.1. The van der Waals surface area contributed by atoms with Gasteiger partial charge in [0.25, 0.3) is 5.91 Å². The zero-order chi connectivity index (χ0) is 20.9. The highest BCUT2D eigenvalue weighted by atomic mass is 19.1. The minimum atomic E-state index is -0.377. The Labute approximate surface area is 175 Å². The number of hydrogen-bond acceptors (Lipinski definition) is 4. The molecule has 2 heterocycles. The van der Waals surface area contributed by atoms with Crippen molar-refractivity contribution in [3.63, 3.8) is 0 Å². The van der Waals surface area contributed by atoms with Crippen LogP contribution in [-0.2, 0) is 0 Å². The standard InChI is InChI=1S/C24H26FN3O2/c1-17(16-28-12-6-7-13-28)14-26-23(29)18-8-2-3-9-19(18)24-27-15-22(30-24)20-10-4-5-11-21(20)25/h2-5,8-11,15,17H,6-7,12-14,16H2,1H3,(H,26,29). The average Bonchev–Trinajstić information content (AvgIpc) is 3.45. The highest BCUT2D eigenvalue weighted by Gasteiger charge is 2.19. The van der Waals surface area contributed by atoms with Crippen molar-refractivity contribution in [2.45, 2.75) is 19.8 Å². The Balaban J connectivity index is 1.47. The highest BCUT2D eigenvalue weighted by molar-refractivity contribution is 6.00. The average molecular weight is 407 g/mol. The number of halogens is 1. The summed E-state index contributed by atoms with van der Waals surface area (Å²) in [7, 11) is 0. The summed E-state index contributed by atoms with van der Waals surface area (Å²) < 4.78 is 19.9. The molecule has 0 spiro atoms. The number of benzene rings is 2. The molecule has 0 radical (unpaired) electrons. The SMILES string of the molecule is CC(CNC(=O)c1ccccc1-c1ncc(-c2ccccc2F)o1)CN1CCCC1. The highest BCUT2D eigenvalue weighted by Crippen LogP contribution is 2.29. The summed E-state index contributed by atoms with van der Waals surface area (Å²) in [5.74, 6) is 0.456. The fourth-order valence-corrected chi connectivity index (χ4v) is 3.88. The molecule has 5 nitrogen and oxygen atoms in total. The third-order valence-corrected chi connectivity index (χ3v) is 5.43. The molecule has 1 N–H and O–H groups in total. The molecule has 0 aliphatic carbocycles. The summed E-state index contributed by atoms with van der Waals surface area (Å²) >= 11 is 0. The number of nitrogens with zero attached hydrogens (tertiary/aromatic N) is 2. The van der Waals surface area contributed by atoms with Crippen LogP contribution in [0.2, 0.25) is 0 Å². The molecule has 2 aromatic carbocycles. The van der Waals surface area contributed by atoms with Crippen molar-refractivity contribution in [1.29, 1.82) is 0 Å². The number of rotatable bonds is 7. The van der Waals surface area contributed by atoms with Crippen LogP contribution >= 0.6 is 0 Å². The van der Waals surface area contributed by atoms with Gasteiger partial charge in [-0.15, -0.1) is 0 Å². The molecule has 1 amide bonds. The molecule has 1 fully saturated rings. The predicted octanol–water partition coefficient (Wildman–Crippen LogP) is 4.61. The Kier molecular flexibility index (Phi) is 6.23. The van der Waals surface area contributed by atoms with Crippen LogP contribution in [0.4, 0.5) is 4.39 Å². The van der Waals surface area contributed by atoms with Gasteiger partial charge in [0.1, 0.15) is 5.82 Å². The molecule has 1 aromatic heterocycles. The molecule has 1 aliphatic rings. The Morgan fingerprint density at radius 3 is 2.60 bits per heavy atom. The Hall–Kier alpha value is -2.99. The molecule has 30 heavy (non-hydrogen) atoms. The van der Waals surface area contributed by atoms with Gasteiger partial charge in [-0.3, -0.25) is 4.79 Å². The summed E-state index contributed by atoms with van der Waals surface area (Å²) in [6.45, 7) is 6.05. The second kappa shape index (κ2) is 9.22. The topological polar surface area (TPSA) is 58.4 Å². The summed E-state index contributed by atoms with van der Waals surface area (Å²) in [6, 6.07) is 13.6. The van der Waals surface area contributed by atoms with Gasteiger partial charge in [-0.2, -0.15) is 0 Å². The first-order valence-corrected chi connectivity index (χ1v) is 10.4. The molecular formula is C24H26FN3O2. The summed E-state index contributed by atoms with van der Waals surface area (Å²) in [5, 5.41) is 3.04. The lowest BCUT2D eigenvalue weighted by Gasteiger charge is -2.20. The van der Waals surface area contributed by atoms with E-state index in [-0.39, 0.29) is 11.7 Å². The van der Waals surface area contributed by atoms with Gasteiger partial charge >= 0.3 is 0 Å². The van der Waals surface area contributed by atoms with E-state index in [1.807, 2.05) is 12.1 Å². The van der Waals surface area contributed by atoms with Crippen LogP contribution in [0, 0.1) is 11.7 Å². The first-order chi connectivity index (χ1) is 14.6. The van der Waals surface area contributed by atoms with E-state index >= 15 is 0 Å². The van der Waals surface area contributed by atoms with Gasteiger partial charge in [-0.1, -0.05) is 31.2 Å². The summed E-state index contributed by atoms with van der Waals surface area (Å²) in [5.41, 5.74) is 1.42. The van der Waals surface area contributed by atoms with Crippen LogP contribution in [0.1, 0.15) is 30.1 Å². The Bertz CT molecular complexity index is 1010. The van der Waals surface area contributed by atoms with Gasteiger partial charge in [0.05, 0.1) is 17.3 Å². The second-order valence-corrected chi connectivity index (χ2v) is 7.88. The quantitative estimate of drug-likeness (QED) is 0.621. The van der Waals surface area contributed by atoms with Gasteiger partial charge < -0.3 is 14.6 Å². The van der Waals surface area contributed by atoms with Gasteiger partial charge in [0.2, 0.25) is 5.89 Å². The van der Waals surface area contributed by atoms with Gasteiger partial charge in [0.15, 0.2) is 5.76 Å². The number of likely N-dealkylation sites (tertiary alicyclic amines) is 1. The number of aromatic nitrogens is 1. The molecule has 0 bridgehead atoms. The van der Waals surface area contributed by atoms with Crippen molar-refractivity contribution in [1.82, 2.24) is 15.2 Å². The van der Waals surface area contributed by atoms with Crippen molar-refractivity contribution in [2.24, 2.45) is 5.92 Å². The molecule has 1 aliphatic heterocycles. The molecule has 6 heteroatoms. The van der Waals surface area contributed by atoms with Crippen LogP contribution in [0.15, 0.2) is 59.1 Å². The number of oxazole rings is 1. The van der Waals surface area contributed by atoms with E-state index in [4.69, 9.17) is 4.42 Å². The third kappa shape index (κ3) is 4.60. The minimum Gasteiger partial charge on any atom is -0.436 e. The van der Waals surface area contributed by atoms with Crippen LogP contribution in [0.5, 0.6) is 0 Å². The summed E-state index contributed by atoms with van der Waals surface area (Å²) in [4.78, 5) is 19.6. The molecule has 1 unspecified atom stereocenters. The fourth-order valence-electron chi connectivity index (χ4n) is 3.88. The van der Waals surface area contributed by atoms with Crippen LogP contribution in [-0.4, -0.2) is 42.0 Å². The molecule has 156 valence electrons. The van der Waals surface area contributed by atoms with Crippen molar-refractivity contribution < 1.29 is 13.6 Å². The van der Waals surface area contributed by atoms with E-state index < -0.39 is 0 Å². The molecular weight excluding hydrogens is 381 g/mol. The van der Waals surface area contributed by atoms with Crippen LogP contribution in [0.3, 0.4) is 0 Å². The van der Waals surface area contributed by atoms with Crippen molar-refractivity contribution in [3.8, 4) is 22.8 Å². The number of carbonyl (C=O) groups excluding carboxylic acids is 1. The Morgan fingerprint density at radius 2 is 1.83 bits per heavy atom. The minimum absolute atomic E-state index is 0.162. The number of carbonyl (C=O) groups is 1. The monoisotopic (exact) mass is 407 g/mol. The predicted molar refractivity (Wildman–Crippen MR) is 115 cm³/mol. The summed E-state index contributed by atoms with van der Waals surface area (Å²) in [6.07, 6.45) is 4.01. The van der Waals surface area contributed by atoms with Crippen molar-refractivity contribution in [3.05, 3.63) is 66.1 Å². The van der Waals surface area contributed by atoms with Gasteiger partial charge in [0, 0.05) is 18.7 Å². The molecule has 4 rings (SSSR count). The van der Waals surface area contributed by atoms with Crippen molar-refractivity contribution in [2.75, 3.05) is 26.2 Å². The van der Waals surface area contributed by atoms with Crippen LogP contribution in [0.25, 0.3) is 22.8 Å². The van der Waals surface area contributed by atoms with E-state index in [9.17, 15) is 9.18 Å². The number of amides is 1. The van der Waals surface area contributed by atoms with Gasteiger partial charge in [-0.05, 0) is 56.1 Å². The van der Waals surface area contributed by atoms with E-state index in [1.165, 1.54) is 25.1 Å². The first kappa shape index (κ1) is 20.3. The first-order valence-electron chi connectivity index (χ1n) is 10.4. The molecule has 1 atom stereocenters. The maximum atomic E-state index is 14.1. The van der Waals surface area contributed by atoms with Crippen LogP contribution < -0.4 is 5.32 Å². The van der Waals surface area contributed by atoms with E-state index in [0.29, 0.717) is 40.8 Å². The molecule has 0 saturated carbocycles. The van der Waals surface area contributed by atoms with E-state index in [1.54, 1.807) is 30.3 Å². The Morgan fingerprint density at radius 1 is 1.13 bits per heavy atom. The lowest BCUT2D eigenvalue weighted by atomic mass is 10.1.